The summed E-state index contributed by atoms with van der Waals surface area (Å²) in [7, 11) is 0. The van der Waals surface area contributed by atoms with Crippen molar-refractivity contribution < 1.29 is 9.53 Å². The van der Waals surface area contributed by atoms with Crippen molar-refractivity contribution in [1.82, 2.24) is 20.1 Å². The lowest BCUT2D eigenvalue weighted by Crippen LogP contribution is -2.49. The summed E-state index contributed by atoms with van der Waals surface area (Å²) in [5.41, 5.74) is 2.19. The third-order valence-electron chi connectivity index (χ3n) is 4.51. The maximum Gasteiger partial charge on any atom is 0.409 e. The fraction of sp³-hybridized carbons (Fsp3) is 0.474. The first-order valence-electron chi connectivity index (χ1n) is 9.30. The maximum absolute atomic E-state index is 11.8. The third kappa shape index (κ3) is 4.64. The molecule has 0 aliphatic carbocycles. The molecule has 1 fully saturated rings. The Kier molecular flexibility index (Phi) is 6.05. The van der Waals surface area contributed by atoms with Crippen molar-refractivity contribution in [3.63, 3.8) is 0 Å². The number of ether oxygens (including phenoxy) is 1. The molecule has 2 heterocycles. The van der Waals surface area contributed by atoms with Crippen LogP contribution in [0.15, 0.2) is 30.5 Å². The minimum Gasteiger partial charge on any atom is -0.450 e. The van der Waals surface area contributed by atoms with Crippen LogP contribution in [0.1, 0.15) is 32.3 Å². The van der Waals surface area contributed by atoms with E-state index in [-0.39, 0.29) is 6.09 Å². The number of piperazine rings is 1. The van der Waals surface area contributed by atoms with Crippen molar-refractivity contribution in [3.05, 3.63) is 36.0 Å². The number of nitrogens with zero attached hydrogens (tertiary/aromatic N) is 5. The number of carbonyl (C=O) groups is 1. The molecule has 27 heavy (non-hydrogen) atoms. The highest BCUT2D eigenvalue weighted by Gasteiger charge is 2.23. The monoisotopic (exact) mass is 370 g/mol. The van der Waals surface area contributed by atoms with E-state index < -0.39 is 0 Å². The number of para-hydroxylation sites is 1. The topological polar surface area (TPSA) is 83.5 Å². The lowest BCUT2D eigenvalue weighted by Gasteiger charge is -2.34. The van der Waals surface area contributed by atoms with Crippen LogP contribution >= 0.6 is 0 Å². The van der Waals surface area contributed by atoms with Gasteiger partial charge in [0.25, 0.3) is 0 Å². The second kappa shape index (κ2) is 8.66. The molecule has 0 saturated carbocycles. The molecular formula is C19H26N6O2. The maximum atomic E-state index is 11.8. The summed E-state index contributed by atoms with van der Waals surface area (Å²) in [6.45, 7) is 9.06. The molecule has 8 nitrogen and oxygen atoms in total. The van der Waals surface area contributed by atoms with Gasteiger partial charge in [-0.2, -0.15) is 10.1 Å². The Hall–Kier alpha value is -2.90. The number of anilines is 3. The van der Waals surface area contributed by atoms with Gasteiger partial charge < -0.3 is 19.9 Å². The van der Waals surface area contributed by atoms with Gasteiger partial charge in [0.1, 0.15) is 0 Å². The summed E-state index contributed by atoms with van der Waals surface area (Å²) in [5.74, 6) is 1.60. The van der Waals surface area contributed by atoms with Crippen LogP contribution in [0.25, 0.3) is 0 Å². The van der Waals surface area contributed by atoms with Gasteiger partial charge in [-0.3, -0.25) is 0 Å². The van der Waals surface area contributed by atoms with E-state index in [2.05, 4.69) is 45.3 Å². The van der Waals surface area contributed by atoms with E-state index in [0.717, 1.165) is 11.5 Å². The van der Waals surface area contributed by atoms with Crippen molar-refractivity contribution in [2.75, 3.05) is 43.0 Å². The fourth-order valence-corrected chi connectivity index (χ4v) is 3.07. The number of nitrogens with one attached hydrogen (secondary N) is 1. The van der Waals surface area contributed by atoms with E-state index in [4.69, 9.17) is 4.74 Å². The lowest BCUT2D eigenvalue weighted by molar-refractivity contribution is 0.105. The van der Waals surface area contributed by atoms with Gasteiger partial charge in [-0.1, -0.05) is 32.0 Å². The van der Waals surface area contributed by atoms with Crippen molar-refractivity contribution in [3.8, 4) is 0 Å². The molecule has 0 unspecified atom stereocenters. The summed E-state index contributed by atoms with van der Waals surface area (Å²) < 4.78 is 5.06. The molecule has 144 valence electrons. The van der Waals surface area contributed by atoms with E-state index in [1.165, 1.54) is 5.56 Å². The van der Waals surface area contributed by atoms with Crippen LogP contribution in [0.5, 0.6) is 0 Å². The average molecular weight is 370 g/mol. The first-order valence-corrected chi connectivity index (χ1v) is 9.30. The quantitative estimate of drug-likeness (QED) is 0.866. The first kappa shape index (κ1) is 18.9. The van der Waals surface area contributed by atoms with Crippen LogP contribution in [0, 0.1) is 0 Å². The van der Waals surface area contributed by atoms with Gasteiger partial charge >= 0.3 is 6.09 Å². The highest BCUT2D eigenvalue weighted by Crippen LogP contribution is 2.26. The summed E-state index contributed by atoms with van der Waals surface area (Å²) in [6.07, 6.45) is 1.39. The van der Waals surface area contributed by atoms with Crippen molar-refractivity contribution >= 4 is 23.5 Å². The van der Waals surface area contributed by atoms with Gasteiger partial charge in [0, 0.05) is 31.9 Å². The molecule has 8 heteroatoms. The highest BCUT2D eigenvalue weighted by molar-refractivity contribution is 5.68. The Morgan fingerprint density at radius 3 is 2.67 bits per heavy atom. The Labute approximate surface area is 159 Å². The Morgan fingerprint density at radius 1 is 1.22 bits per heavy atom. The minimum absolute atomic E-state index is 0.259. The number of hydrogen-bond donors (Lipinski definition) is 1. The zero-order valence-corrected chi connectivity index (χ0v) is 16.1. The standard InChI is InChI=1S/C19H26N6O2/c1-4-27-19(26)25-11-9-24(10-12-25)17-13-20-23-18(22-17)21-16-8-6-5-7-15(16)14(2)3/h5-8,13-14H,4,9-12H2,1-3H3,(H,21,22,23). The molecule has 2 aromatic rings. The fourth-order valence-electron chi connectivity index (χ4n) is 3.07. The number of aromatic nitrogens is 3. The van der Waals surface area contributed by atoms with E-state index in [1.54, 1.807) is 11.1 Å². The zero-order chi connectivity index (χ0) is 19.2. The molecule has 0 bridgehead atoms. The molecule has 1 N–H and O–H groups in total. The van der Waals surface area contributed by atoms with Gasteiger partial charge in [0.15, 0.2) is 5.82 Å². The number of rotatable bonds is 5. The summed E-state index contributed by atoms with van der Waals surface area (Å²) >= 11 is 0. The van der Waals surface area contributed by atoms with Gasteiger partial charge in [0.2, 0.25) is 5.95 Å². The molecule has 0 spiro atoms. The molecule has 1 aliphatic rings. The lowest BCUT2D eigenvalue weighted by atomic mass is 10.0. The molecule has 1 aromatic heterocycles. The van der Waals surface area contributed by atoms with Crippen LogP contribution < -0.4 is 10.2 Å². The Morgan fingerprint density at radius 2 is 1.96 bits per heavy atom. The number of benzene rings is 1. The zero-order valence-electron chi connectivity index (χ0n) is 16.1. The Bertz CT molecular complexity index is 774. The predicted octanol–water partition coefficient (Wildman–Crippen LogP) is 3.02. The van der Waals surface area contributed by atoms with E-state index in [1.807, 2.05) is 25.1 Å². The second-order valence-corrected chi connectivity index (χ2v) is 6.68. The van der Waals surface area contributed by atoms with Crippen LogP contribution in [0.3, 0.4) is 0 Å². The van der Waals surface area contributed by atoms with E-state index >= 15 is 0 Å². The first-order chi connectivity index (χ1) is 13.1. The SMILES string of the molecule is CCOC(=O)N1CCN(c2cnnc(Nc3ccccc3C(C)C)n2)CC1. The van der Waals surface area contributed by atoms with Gasteiger partial charge in [0.05, 0.1) is 12.8 Å². The summed E-state index contributed by atoms with van der Waals surface area (Å²) in [4.78, 5) is 20.2. The van der Waals surface area contributed by atoms with Crippen molar-refractivity contribution in [2.45, 2.75) is 26.7 Å². The molecule has 1 aromatic carbocycles. The normalized spacial score (nSPS) is 14.4. The van der Waals surface area contributed by atoms with Crippen LogP contribution in [-0.4, -0.2) is 59.0 Å². The minimum atomic E-state index is -0.259. The highest BCUT2D eigenvalue weighted by atomic mass is 16.6. The number of hydrogen-bond acceptors (Lipinski definition) is 7. The number of carbonyl (C=O) groups excluding carboxylic acids is 1. The largest absolute Gasteiger partial charge is 0.450 e. The van der Waals surface area contributed by atoms with Crippen molar-refractivity contribution in [1.29, 1.82) is 0 Å². The van der Waals surface area contributed by atoms with Crippen LogP contribution in [-0.2, 0) is 4.74 Å². The molecular weight excluding hydrogens is 344 g/mol. The predicted molar refractivity (Wildman–Crippen MR) is 104 cm³/mol. The number of amides is 1. The molecule has 1 aliphatic heterocycles. The molecule has 1 amide bonds. The van der Waals surface area contributed by atoms with Gasteiger partial charge in [-0.05, 0) is 24.5 Å². The molecule has 0 atom stereocenters. The second-order valence-electron chi connectivity index (χ2n) is 6.68. The van der Waals surface area contributed by atoms with Crippen LogP contribution in [0.2, 0.25) is 0 Å². The molecule has 1 saturated heterocycles. The summed E-state index contributed by atoms with van der Waals surface area (Å²) in [5, 5.41) is 11.5. The van der Waals surface area contributed by atoms with Crippen molar-refractivity contribution in [2.24, 2.45) is 0 Å². The van der Waals surface area contributed by atoms with Gasteiger partial charge in [-0.15, -0.1) is 5.10 Å². The van der Waals surface area contributed by atoms with Crippen LogP contribution in [0.4, 0.5) is 22.2 Å². The smallest absolute Gasteiger partial charge is 0.409 e. The summed E-state index contributed by atoms with van der Waals surface area (Å²) in [6, 6.07) is 8.13. The molecule has 0 radical (unpaired) electrons. The van der Waals surface area contributed by atoms with E-state index in [0.29, 0.717) is 44.7 Å². The van der Waals surface area contributed by atoms with E-state index in [9.17, 15) is 4.79 Å². The molecule has 3 rings (SSSR count). The third-order valence-corrected chi connectivity index (χ3v) is 4.51. The van der Waals surface area contributed by atoms with Gasteiger partial charge in [-0.25, -0.2) is 4.79 Å². The average Bonchev–Trinajstić information content (AvgIpc) is 2.69. The Balaban J connectivity index is 1.68.